The second-order valence-corrected chi connectivity index (χ2v) is 7.48. The number of benzene rings is 2. The summed E-state index contributed by atoms with van der Waals surface area (Å²) in [6.45, 7) is 1.10. The van der Waals surface area contributed by atoms with Gasteiger partial charge in [0.05, 0.1) is 16.6 Å². The summed E-state index contributed by atoms with van der Waals surface area (Å²) in [6, 6.07) is 15.6. The van der Waals surface area contributed by atoms with Crippen molar-refractivity contribution in [2.45, 2.75) is 31.1 Å². The van der Waals surface area contributed by atoms with Gasteiger partial charge in [-0.05, 0) is 54.8 Å². The van der Waals surface area contributed by atoms with Crippen molar-refractivity contribution in [2.75, 3.05) is 18.5 Å². The topological polar surface area (TPSA) is 60.5 Å². The Morgan fingerprint density at radius 2 is 1.79 bits per heavy atom. The van der Waals surface area contributed by atoms with Gasteiger partial charge in [-0.3, -0.25) is 9.78 Å². The molecule has 1 amide bonds. The number of amides is 1. The summed E-state index contributed by atoms with van der Waals surface area (Å²) in [4.78, 5) is 17.9. The number of carbonyl (C=O) groups is 1. The lowest BCUT2D eigenvalue weighted by atomic mass is 9.77. The van der Waals surface area contributed by atoms with Crippen LogP contribution in [0.2, 0.25) is 0 Å². The molecule has 5 rings (SSSR count). The summed E-state index contributed by atoms with van der Waals surface area (Å²) in [5, 5.41) is 4.15. The molecule has 0 bridgehead atoms. The minimum absolute atomic E-state index is 0.0398. The number of anilines is 1. The van der Waals surface area contributed by atoms with Crippen molar-refractivity contribution in [3.63, 3.8) is 0 Å². The third-order valence-corrected chi connectivity index (χ3v) is 5.88. The van der Waals surface area contributed by atoms with E-state index < -0.39 is 5.41 Å². The standard InChI is InChI=1S/C23H22N2O3/c26-22(25-19-7-3-6-18-17(19)5-4-12-24-18)23(10-1-2-11-23)16-8-9-20-21(15-16)28-14-13-27-20/h3-9,12,15H,1-2,10-11,13-14H2,(H,25,26). The molecule has 142 valence electrons. The van der Waals surface area contributed by atoms with Crippen molar-refractivity contribution in [3.05, 3.63) is 60.3 Å². The van der Waals surface area contributed by atoms with Crippen LogP contribution in [0.5, 0.6) is 11.5 Å². The van der Waals surface area contributed by atoms with Gasteiger partial charge in [0.2, 0.25) is 5.91 Å². The highest BCUT2D eigenvalue weighted by Crippen LogP contribution is 2.45. The van der Waals surface area contributed by atoms with Crippen LogP contribution in [0, 0.1) is 0 Å². The van der Waals surface area contributed by atoms with Crippen molar-refractivity contribution in [3.8, 4) is 11.5 Å². The average Bonchev–Trinajstić information content (AvgIpc) is 3.25. The lowest BCUT2D eigenvalue weighted by Gasteiger charge is -2.30. The number of ether oxygens (including phenoxy) is 2. The van der Waals surface area contributed by atoms with E-state index in [-0.39, 0.29) is 5.91 Å². The fourth-order valence-corrected chi connectivity index (χ4v) is 4.42. The summed E-state index contributed by atoms with van der Waals surface area (Å²) in [5.41, 5.74) is 2.14. The smallest absolute Gasteiger partial charge is 0.235 e. The number of nitrogens with one attached hydrogen (secondary N) is 1. The lowest BCUT2D eigenvalue weighted by molar-refractivity contribution is -0.121. The van der Waals surface area contributed by atoms with E-state index in [2.05, 4.69) is 10.3 Å². The maximum Gasteiger partial charge on any atom is 0.235 e. The van der Waals surface area contributed by atoms with Crippen molar-refractivity contribution in [1.82, 2.24) is 4.98 Å². The predicted molar refractivity (Wildman–Crippen MR) is 108 cm³/mol. The minimum Gasteiger partial charge on any atom is -0.486 e. The SMILES string of the molecule is O=C(Nc1cccc2ncccc12)C1(c2ccc3c(c2)OCCO3)CCCC1. The molecular weight excluding hydrogens is 352 g/mol. The molecule has 2 heterocycles. The highest BCUT2D eigenvalue weighted by Gasteiger charge is 2.43. The predicted octanol–water partition coefficient (Wildman–Crippen LogP) is 4.46. The van der Waals surface area contributed by atoms with Gasteiger partial charge < -0.3 is 14.8 Å². The molecule has 2 aliphatic rings. The maximum atomic E-state index is 13.5. The van der Waals surface area contributed by atoms with E-state index in [0.29, 0.717) is 13.2 Å². The molecule has 5 heteroatoms. The van der Waals surface area contributed by atoms with Crippen LogP contribution in [0.1, 0.15) is 31.2 Å². The van der Waals surface area contributed by atoms with Crippen LogP contribution in [-0.4, -0.2) is 24.1 Å². The number of hydrogen-bond donors (Lipinski definition) is 1. The second kappa shape index (κ2) is 6.82. The highest BCUT2D eigenvalue weighted by molar-refractivity contribution is 6.05. The zero-order valence-electron chi connectivity index (χ0n) is 15.6. The van der Waals surface area contributed by atoms with Gasteiger partial charge in [-0.15, -0.1) is 0 Å². The summed E-state index contributed by atoms with van der Waals surface area (Å²) < 4.78 is 11.4. The maximum absolute atomic E-state index is 13.5. The fourth-order valence-electron chi connectivity index (χ4n) is 4.42. The van der Waals surface area contributed by atoms with Crippen molar-refractivity contribution < 1.29 is 14.3 Å². The molecule has 0 saturated heterocycles. The first kappa shape index (κ1) is 17.0. The van der Waals surface area contributed by atoms with Crippen LogP contribution >= 0.6 is 0 Å². The first-order valence-electron chi connectivity index (χ1n) is 9.82. The second-order valence-electron chi connectivity index (χ2n) is 7.48. The third-order valence-electron chi connectivity index (χ3n) is 5.88. The summed E-state index contributed by atoms with van der Waals surface area (Å²) in [7, 11) is 0. The van der Waals surface area contributed by atoms with Gasteiger partial charge in [0.15, 0.2) is 11.5 Å². The van der Waals surface area contributed by atoms with E-state index in [1.165, 1.54) is 0 Å². The van der Waals surface area contributed by atoms with E-state index in [9.17, 15) is 4.79 Å². The Morgan fingerprint density at radius 3 is 2.64 bits per heavy atom. The Hall–Kier alpha value is -3.08. The van der Waals surface area contributed by atoms with Crippen molar-refractivity contribution in [1.29, 1.82) is 0 Å². The minimum atomic E-state index is -0.541. The Morgan fingerprint density at radius 1 is 0.964 bits per heavy atom. The molecule has 0 spiro atoms. The number of hydrogen-bond acceptors (Lipinski definition) is 4. The van der Waals surface area contributed by atoms with Gasteiger partial charge >= 0.3 is 0 Å². The van der Waals surface area contributed by atoms with E-state index in [1.807, 2.05) is 48.5 Å². The number of fused-ring (bicyclic) bond motifs is 2. The molecule has 1 fully saturated rings. The Balaban J connectivity index is 1.52. The summed E-state index contributed by atoms with van der Waals surface area (Å²) >= 11 is 0. The van der Waals surface area contributed by atoms with Crippen molar-refractivity contribution in [2.24, 2.45) is 0 Å². The Kier molecular flexibility index (Phi) is 4.15. The summed E-state index contributed by atoms with van der Waals surface area (Å²) in [6.07, 6.45) is 5.52. The van der Waals surface area contributed by atoms with Crippen LogP contribution in [0.15, 0.2) is 54.7 Å². The van der Waals surface area contributed by atoms with E-state index in [0.717, 1.165) is 59.3 Å². The molecule has 1 N–H and O–H groups in total. The normalized spacial score (nSPS) is 17.4. The van der Waals surface area contributed by atoms with Gasteiger partial charge in [0.25, 0.3) is 0 Å². The molecule has 1 aromatic heterocycles. The van der Waals surface area contributed by atoms with Crippen molar-refractivity contribution >= 4 is 22.5 Å². The first-order valence-corrected chi connectivity index (χ1v) is 9.82. The zero-order valence-corrected chi connectivity index (χ0v) is 15.6. The van der Waals surface area contributed by atoms with Gasteiger partial charge in [0, 0.05) is 11.6 Å². The van der Waals surface area contributed by atoms with Crippen LogP contribution in [0.25, 0.3) is 10.9 Å². The Labute approximate surface area is 163 Å². The van der Waals surface area contributed by atoms with Crippen LogP contribution in [0.4, 0.5) is 5.69 Å². The monoisotopic (exact) mass is 374 g/mol. The number of carbonyl (C=O) groups excluding carboxylic acids is 1. The Bertz CT molecular complexity index is 1040. The highest BCUT2D eigenvalue weighted by atomic mass is 16.6. The number of pyridine rings is 1. The average molecular weight is 374 g/mol. The van der Waals surface area contributed by atoms with Gasteiger partial charge in [-0.1, -0.05) is 25.0 Å². The molecule has 5 nitrogen and oxygen atoms in total. The van der Waals surface area contributed by atoms with Gasteiger partial charge in [0.1, 0.15) is 13.2 Å². The number of rotatable bonds is 3. The molecule has 2 aromatic carbocycles. The van der Waals surface area contributed by atoms with Crippen LogP contribution in [-0.2, 0) is 10.2 Å². The molecule has 1 aliphatic heterocycles. The molecule has 3 aromatic rings. The molecule has 1 saturated carbocycles. The zero-order chi connectivity index (χ0) is 19.0. The molecule has 0 atom stereocenters. The summed E-state index contributed by atoms with van der Waals surface area (Å²) in [5.74, 6) is 1.53. The molecule has 0 radical (unpaired) electrons. The fraction of sp³-hybridized carbons (Fsp3) is 0.304. The van der Waals surface area contributed by atoms with E-state index in [4.69, 9.17) is 9.47 Å². The van der Waals surface area contributed by atoms with Gasteiger partial charge in [-0.25, -0.2) is 0 Å². The van der Waals surface area contributed by atoms with Gasteiger partial charge in [-0.2, -0.15) is 0 Å². The van der Waals surface area contributed by atoms with E-state index >= 15 is 0 Å². The molecule has 0 unspecified atom stereocenters. The quantitative estimate of drug-likeness (QED) is 0.735. The molecular formula is C23H22N2O3. The lowest BCUT2D eigenvalue weighted by Crippen LogP contribution is -2.38. The first-order chi connectivity index (χ1) is 13.8. The molecule has 1 aliphatic carbocycles. The van der Waals surface area contributed by atoms with Crippen LogP contribution < -0.4 is 14.8 Å². The largest absolute Gasteiger partial charge is 0.486 e. The van der Waals surface area contributed by atoms with E-state index in [1.54, 1.807) is 6.20 Å². The third kappa shape index (κ3) is 2.78. The number of aromatic nitrogens is 1. The number of nitrogens with zero attached hydrogens (tertiary/aromatic N) is 1. The van der Waals surface area contributed by atoms with Crippen LogP contribution in [0.3, 0.4) is 0 Å². The molecule has 28 heavy (non-hydrogen) atoms.